The van der Waals surface area contributed by atoms with Crippen LogP contribution in [0.15, 0.2) is 18.2 Å². The van der Waals surface area contributed by atoms with Crippen LogP contribution in [0.25, 0.3) is 0 Å². The lowest BCUT2D eigenvalue weighted by molar-refractivity contribution is 0.411. The Kier molecular flexibility index (Phi) is 7.28. The minimum atomic E-state index is 0.372. The number of rotatable bonds is 8. The van der Waals surface area contributed by atoms with Crippen LogP contribution in [0.5, 0.6) is 5.75 Å². The molecule has 0 amide bonds. The zero-order chi connectivity index (χ0) is 14.3. The highest BCUT2D eigenvalue weighted by Crippen LogP contribution is 2.26. The summed E-state index contributed by atoms with van der Waals surface area (Å²) in [5.41, 5.74) is 2.59. The number of methoxy groups -OCH3 is 1. The molecule has 1 aromatic carbocycles. The van der Waals surface area contributed by atoms with E-state index in [-0.39, 0.29) is 0 Å². The van der Waals surface area contributed by atoms with Crippen LogP contribution in [-0.2, 0) is 5.75 Å². The van der Waals surface area contributed by atoms with E-state index in [2.05, 4.69) is 49.4 Å². The summed E-state index contributed by atoms with van der Waals surface area (Å²) in [6, 6.07) is 6.83. The molecular weight excluding hydrogens is 256 g/mol. The first-order valence-electron chi connectivity index (χ1n) is 6.65. The predicted octanol–water partition coefficient (Wildman–Crippen LogP) is 2.77. The molecule has 0 aliphatic heterocycles. The Morgan fingerprint density at radius 3 is 2.68 bits per heavy atom. The van der Waals surface area contributed by atoms with Crippen molar-refractivity contribution in [2.75, 3.05) is 40.6 Å². The average molecular weight is 282 g/mol. The highest BCUT2D eigenvalue weighted by Gasteiger charge is 2.08. The van der Waals surface area contributed by atoms with Gasteiger partial charge in [-0.25, -0.2) is 0 Å². The van der Waals surface area contributed by atoms with Crippen molar-refractivity contribution in [2.24, 2.45) is 0 Å². The van der Waals surface area contributed by atoms with Gasteiger partial charge in [0.25, 0.3) is 0 Å². The third-order valence-corrected chi connectivity index (χ3v) is 4.16. The van der Waals surface area contributed by atoms with Crippen molar-refractivity contribution < 1.29 is 4.74 Å². The van der Waals surface area contributed by atoms with E-state index in [1.165, 1.54) is 11.1 Å². The smallest absolute Gasteiger partial charge is 0.122 e. The fourth-order valence-electron chi connectivity index (χ4n) is 1.78. The van der Waals surface area contributed by atoms with Crippen LogP contribution in [0.1, 0.15) is 24.1 Å². The maximum atomic E-state index is 5.45. The lowest BCUT2D eigenvalue weighted by atomic mass is 10.1. The van der Waals surface area contributed by atoms with Crippen LogP contribution in [0.3, 0.4) is 0 Å². The Labute approximate surface area is 121 Å². The van der Waals surface area contributed by atoms with Crippen LogP contribution >= 0.6 is 11.8 Å². The van der Waals surface area contributed by atoms with Crippen molar-refractivity contribution in [1.29, 1.82) is 0 Å². The SMILES string of the molecule is CNC(C)c1ccc(OC)c(CSCCN(C)C)c1. The molecule has 0 spiro atoms. The Hall–Kier alpha value is -0.710. The molecule has 4 heteroatoms. The number of ether oxygens (including phenoxy) is 1. The van der Waals surface area contributed by atoms with Crippen LogP contribution in [0, 0.1) is 0 Å². The predicted molar refractivity (Wildman–Crippen MR) is 85.2 cm³/mol. The molecular formula is C15H26N2OS. The van der Waals surface area contributed by atoms with E-state index in [0.717, 1.165) is 23.8 Å². The van der Waals surface area contributed by atoms with Crippen LogP contribution in [-0.4, -0.2) is 45.5 Å². The van der Waals surface area contributed by atoms with E-state index in [0.29, 0.717) is 6.04 Å². The van der Waals surface area contributed by atoms with Gasteiger partial charge in [-0.15, -0.1) is 0 Å². The summed E-state index contributed by atoms with van der Waals surface area (Å²) in [5.74, 6) is 3.13. The highest BCUT2D eigenvalue weighted by molar-refractivity contribution is 7.98. The van der Waals surface area contributed by atoms with Crippen molar-refractivity contribution in [3.05, 3.63) is 29.3 Å². The monoisotopic (exact) mass is 282 g/mol. The molecule has 0 saturated heterocycles. The van der Waals surface area contributed by atoms with Gasteiger partial charge in [0.05, 0.1) is 7.11 Å². The molecule has 0 heterocycles. The lowest BCUT2D eigenvalue weighted by Crippen LogP contribution is -2.15. The van der Waals surface area contributed by atoms with Crippen molar-refractivity contribution >= 4 is 11.8 Å². The van der Waals surface area contributed by atoms with Gasteiger partial charge in [-0.2, -0.15) is 11.8 Å². The zero-order valence-corrected chi connectivity index (χ0v) is 13.5. The van der Waals surface area contributed by atoms with Gasteiger partial charge in [0.1, 0.15) is 5.75 Å². The quantitative estimate of drug-likeness (QED) is 0.741. The van der Waals surface area contributed by atoms with Crippen molar-refractivity contribution in [2.45, 2.75) is 18.7 Å². The van der Waals surface area contributed by atoms with Crippen LogP contribution in [0.4, 0.5) is 0 Å². The van der Waals surface area contributed by atoms with Gasteiger partial charge in [-0.1, -0.05) is 6.07 Å². The van der Waals surface area contributed by atoms with Gasteiger partial charge in [0.15, 0.2) is 0 Å². The standard InChI is InChI=1S/C15H26N2OS/c1-12(16-2)13-6-7-15(18-5)14(10-13)11-19-9-8-17(3)4/h6-7,10,12,16H,8-9,11H2,1-5H3. The Morgan fingerprint density at radius 2 is 2.11 bits per heavy atom. The third-order valence-electron chi connectivity index (χ3n) is 3.18. The zero-order valence-electron chi connectivity index (χ0n) is 12.7. The molecule has 1 rings (SSSR count). The minimum Gasteiger partial charge on any atom is -0.496 e. The van der Waals surface area contributed by atoms with E-state index in [1.54, 1.807) is 7.11 Å². The molecule has 3 nitrogen and oxygen atoms in total. The topological polar surface area (TPSA) is 24.5 Å². The first kappa shape index (κ1) is 16.3. The summed E-state index contributed by atoms with van der Waals surface area (Å²) in [5, 5.41) is 3.27. The Balaban J connectivity index is 2.67. The van der Waals surface area contributed by atoms with Gasteiger partial charge < -0.3 is 15.0 Å². The molecule has 19 heavy (non-hydrogen) atoms. The second kappa shape index (κ2) is 8.46. The number of benzene rings is 1. The second-order valence-corrected chi connectivity index (χ2v) is 6.04. The van der Waals surface area contributed by atoms with E-state index >= 15 is 0 Å². The molecule has 0 aliphatic rings. The molecule has 0 aliphatic carbocycles. The normalized spacial score (nSPS) is 12.7. The molecule has 0 saturated carbocycles. The maximum Gasteiger partial charge on any atom is 0.122 e. The first-order valence-corrected chi connectivity index (χ1v) is 7.80. The third kappa shape index (κ3) is 5.43. The van der Waals surface area contributed by atoms with E-state index in [1.807, 2.05) is 18.8 Å². The summed E-state index contributed by atoms with van der Waals surface area (Å²) in [6.07, 6.45) is 0. The molecule has 1 unspecified atom stereocenters. The lowest BCUT2D eigenvalue weighted by Gasteiger charge is -2.15. The van der Waals surface area contributed by atoms with Gasteiger partial charge in [0, 0.05) is 29.7 Å². The molecule has 0 aromatic heterocycles. The van der Waals surface area contributed by atoms with Gasteiger partial charge in [0.2, 0.25) is 0 Å². The van der Waals surface area contributed by atoms with Crippen molar-refractivity contribution in [3.8, 4) is 5.75 Å². The van der Waals surface area contributed by atoms with Gasteiger partial charge in [-0.3, -0.25) is 0 Å². The van der Waals surface area contributed by atoms with Crippen LogP contribution < -0.4 is 10.1 Å². The van der Waals surface area contributed by atoms with Crippen molar-refractivity contribution in [1.82, 2.24) is 10.2 Å². The molecule has 0 radical (unpaired) electrons. The molecule has 1 aromatic rings. The summed E-state index contributed by atoms with van der Waals surface area (Å²) in [4.78, 5) is 2.21. The van der Waals surface area contributed by atoms with E-state index in [4.69, 9.17) is 4.74 Å². The van der Waals surface area contributed by atoms with E-state index < -0.39 is 0 Å². The number of nitrogens with one attached hydrogen (secondary N) is 1. The first-order chi connectivity index (χ1) is 9.08. The second-order valence-electron chi connectivity index (χ2n) is 4.94. The van der Waals surface area contributed by atoms with Gasteiger partial charge in [-0.05, 0) is 45.8 Å². The number of hydrogen-bond acceptors (Lipinski definition) is 4. The number of thioether (sulfide) groups is 1. The van der Waals surface area contributed by atoms with E-state index in [9.17, 15) is 0 Å². The van der Waals surface area contributed by atoms with Gasteiger partial charge >= 0.3 is 0 Å². The summed E-state index contributed by atoms with van der Waals surface area (Å²) >= 11 is 1.95. The highest BCUT2D eigenvalue weighted by atomic mass is 32.2. The summed E-state index contributed by atoms with van der Waals surface area (Å²) in [7, 11) is 7.94. The fraction of sp³-hybridized carbons (Fsp3) is 0.600. The molecule has 0 bridgehead atoms. The maximum absolute atomic E-state index is 5.45. The van der Waals surface area contributed by atoms with Crippen molar-refractivity contribution in [3.63, 3.8) is 0 Å². The molecule has 1 N–H and O–H groups in total. The Bertz CT molecular complexity index is 382. The molecule has 108 valence electrons. The summed E-state index contributed by atoms with van der Waals surface area (Å²) < 4.78 is 5.45. The fourth-order valence-corrected chi connectivity index (χ4v) is 2.86. The van der Waals surface area contributed by atoms with Crippen LogP contribution in [0.2, 0.25) is 0 Å². The number of hydrogen-bond donors (Lipinski definition) is 1. The molecule has 0 fully saturated rings. The average Bonchev–Trinajstić information content (AvgIpc) is 2.42. The summed E-state index contributed by atoms with van der Waals surface area (Å²) in [6.45, 7) is 3.28. The molecule has 1 atom stereocenters. The number of nitrogens with zero attached hydrogens (tertiary/aromatic N) is 1. The largest absolute Gasteiger partial charge is 0.496 e. The minimum absolute atomic E-state index is 0.372. The Morgan fingerprint density at radius 1 is 1.37 bits per heavy atom.